The topological polar surface area (TPSA) is 33.1 Å². The van der Waals surface area contributed by atoms with Crippen molar-refractivity contribution in [1.29, 1.82) is 0 Å². The molecule has 1 unspecified atom stereocenters. The van der Waals surface area contributed by atoms with Gasteiger partial charge >= 0.3 is 6.18 Å². The van der Waals surface area contributed by atoms with Crippen LogP contribution in [0, 0.1) is 0 Å². The maximum Gasteiger partial charge on any atom is 0.399 e. The molecule has 0 amide bonds. The standard InChI is InChI=1S/C8H8F3NO/c9-8(10,11)6(5-13)7-3-1-2-4-12-7/h1-4,6,13H,5H2. The Kier molecular flexibility index (Phi) is 2.87. The van der Waals surface area contributed by atoms with Crippen LogP contribution in [0.2, 0.25) is 0 Å². The van der Waals surface area contributed by atoms with Gasteiger partial charge in [0.2, 0.25) is 0 Å². The second-order valence-corrected chi connectivity index (χ2v) is 2.53. The van der Waals surface area contributed by atoms with E-state index in [1.54, 1.807) is 0 Å². The Labute approximate surface area is 73.0 Å². The lowest BCUT2D eigenvalue weighted by molar-refractivity contribution is -0.159. The second-order valence-electron chi connectivity index (χ2n) is 2.53. The summed E-state index contributed by atoms with van der Waals surface area (Å²) >= 11 is 0. The molecule has 1 rings (SSSR count). The van der Waals surface area contributed by atoms with Crippen LogP contribution in [0.5, 0.6) is 0 Å². The second kappa shape index (κ2) is 3.74. The number of hydrogen-bond donors (Lipinski definition) is 1. The number of rotatable bonds is 2. The molecule has 0 radical (unpaired) electrons. The average molecular weight is 191 g/mol. The monoisotopic (exact) mass is 191 g/mol. The van der Waals surface area contributed by atoms with Gasteiger partial charge in [-0.3, -0.25) is 4.98 Å². The van der Waals surface area contributed by atoms with Gasteiger partial charge in [-0.15, -0.1) is 0 Å². The predicted octanol–water partition coefficient (Wildman–Crippen LogP) is 1.72. The molecule has 2 nitrogen and oxygen atoms in total. The Balaban J connectivity index is 2.92. The number of halogens is 3. The molecule has 0 bridgehead atoms. The SMILES string of the molecule is OCC(c1ccccn1)C(F)(F)F. The summed E-state index contributed by atoms with van der Waals surface area (Å²) in [4.78, 5) is 3.54. The van der Waals surface area contributed by atoms with E-state index in [1.807, 2.05) is 0 Å². The van der Waals surface area contributed by atoms with Crippen molar-refractivity contribution < 1.29 is 18.3 Å². The number of nitrogens with zero attached hydrogens (tertiary/aromatic N) is 1. The molecule has 5 heteroatoms. The van der Waals surface area contributed by atoms with E-state index in [1.165, 1.54) is 24.4 Å². The summed E-state index contributed by atoms with van der Waals surface area (Å²) in [6.07, 6.45) is -3.17. The van der Waals surface area contributed by atoms with Gasteiger partial charge in [-0.1, -0.05) is 6.07 Å². The van der Waals surface area contributed by atoms with Crippen molar-refractivity contribution in [3.8, 4) is 0 Å². The third-order valence-corrected chi connectivity index (χ3v) is 1.62. The van der Waals surface area contributed by atoms with E-state index < -0.39 is 18.7 Å². The molecule has 1 atom stereocenters. The van der Waals surface area contributed by atoms with Gasteiger partial charge in [0, 0.05) is 6.20 Å². The first-order valence-electron chi connectivity index (χ1n) is 3.64. The Morgan fingerprint density at radius 2 is 2.08 bits per heavy atom. The number of aliphatic hydroxyl groups excluding tert-OH is 1. The zero-order valence-corrected chi connectivity index (χ0v) is 6.62. The van der Waals surface area contributed by atoms with Crippen molar-refractivity contribution in [3.05, 3.63) is 30.1 Å². The fourth-order valence-electron chi connectivity index (χ4n) is 0.947. The fourth-order valence-corrected chi connectivity index (χ4v) is 0.947. The number of pyridine rings is 1. The number of hydrogen-bond acceptors (Lipinski definition) is 2. The van der Waals surface area contributed by atoms with Crippen LogP contribution in [0.1, 0.15) is 11.6 Å². The van der Waals surface area contributed by atoms with Crippen molar-refractivity contribution in [1.82, 2.24) is 4.98 Å². The number of aliphatic hydroxyl groups is 1. The summed E-state index contributed by atoms with van der Waals surface area (Å²) in [5.41, 5.74) is -0.155. The lowest BCUT2D eigenvalue weighted by atomic mass is 10.1. The van der Waals surface area contributed by atoms with Gasteiger partial charge in [0.25, 0.3) is 0 Å². The molecule has 0 aromatic carbocycles. The molecule has 0 spiro atoms. The number of alkyl halides is 3. The summed E-state index contributed by atoms with van der Waals surface area (Å²) in [5.74, 6) is -1.88. The molecule has 0 saturated heterocycles. The van der Waals surface area contributed by atoms with Crippen LogP contribution in [0.3, 0.4) is 0 Å². The van der Waals surface area contributed by atoms with Gasteiger partial charge in [0.1, 0.15) is 5.92 Å². The Bertz CT molecular complexity index is 260. The lowest BCUT2D eigenvalue weighted by Crippen LogP contribution is -2.24. The van der Waals surface area contributed by atoms with Gasteiger partial charge in [-0.05, 0) is 12.1 Å². The zero-order valence-electron chi connectivity index (χ0n) is 6.62. The van der Waals surface area contributed by atoms with Crippen molar-refractivity contribution in [3.63, 3.8) is 0 Å². The van der Waals surface area contributed by atoms with E-state index >= 15 is 0 Å². The maximum absolute atomic E-state index is 12.2. The molecule has 13 heavy (non-hydrogen) atoms. The van der Waals surface area contributed by atoms with E-state index in [0.29, 0.717) is 0 Å². The van der Waals surface area contributed by atoms with E-state index in [2.05, 4.69) is 4.98 Å². The van der Waals surface area contributed by atoms with Crippen molar-refractivity contribution >= 4 is 0 Å². The number of aromatic nitrogens is 1. The Hall–Kier alpha value is -1.10. The quantitative estimate of drug-likeness (QED) is 0.772. The summed E-state index contributed by atoms with van der Waals surface area (Å²) in [6, 6.07) is 4.22. The predicted molar refractivity (Wildman–Crippen MR) is 40.1 cm³/mol. The first-order chi connectivity index (χ1) is 6.05. The van der Waals surface area contributed by atoms with Gasteiger partial charge < -0.3 is 5.11 Å². The molecular formula is C8H8F3NO. The summed E-state index contributed by atoms with van der Waals surface area (Å²) in [7, 11) is 0. The molecule has 0 aliphatic heterocycles. The van der Waals surface area contributed by atoms with Crippen molar-refractivity contribution in [2.45, 2.75) is 12.1 Å². The zero-order chi connectivity index (χ0) is 9.90. The lowest BCUT2D eigenvalue weighted by Gasteiger charge is -2.16. The highest BCUT2D eigenvalue weighted by Crippen LogP contribution is 2.32. The first kappa shape index (κ1) is 9.98. The minimum atomic E-state index is -4.44. The molecule has 1 aromatic heterocycles. The fraction of sp³-hybridized carbons (Fsp3) is 0.375. The van der Waals surface area contributed by atoms with E-state index in [0.717, 1.165) is 0 Å². The molecule has 1 heterocycles. The normalized spacial score (nSPS) is 14.2. The van der Waals surface area contributed by atoms with Crippen LogP contribution in [0.15, 0.2) is 24.4 Å². The van der Waals surface area contributed by atoms with Gasteiger partial charge in [0.05, 0.1) is 12.3 Å². The molecule has 72 valence electrons. The van der Waals surface area contributed by atoms with E-state index in [4.69, 9.17) is 5.11 Å². The minimum absolute atomic E-state index is 0.155. The molecule has 0 aliphatic carbocycles. The molecule has 0 saturated carbocycles. The smallest absolute Gasteiger partial charge is 0.395 e. The van der Waals surface area contributed by atoms with E-state index in [9.17, 15) is 13.2 Å². The van der Waals surface area contributed by atoms with Crippen LogP contribution < -0.4 is 0 Å². The highest BCUT2D eigenvalue weighted by molar-refractivity contribution is 5.11. The summed E-state index contributed by atoms with van der Waals surface area (Å²) < 4.78 is 36.6. The van der Waals surface area contributed by atoms with Crippen LogP contribution >= 0.6 is 0 Å². The third kappa shape index (κ3) is 2.42. The molecule has 1 N–H and O–H groups in total. The Morgan fingerprint density at radius 1 is 1.38 bits per heavy atom. The maximum atomic E-state index is 12.2. The van der Waals surface area contributed by atoms with Crippen molar-refractivity contribution in [2.75, 3.05) is 6.61 Å². The van der Waals surface area contributed by atoms with Gasteiger partial charge in [0.15, 0.2) is 0 Å². The Morgan fingerprint density at radius 3 is 2.46 bits per heavy atom. The summed E-state index contributed by atoms with van der Waals surface area (Å²) in [6.45, 7) is -0.972. The molecular weight excluding hydrogens is 183 g/mol. The van der Waals surface area contributed by atoms with Crippen LogP contribution in [-0.4, -0.2) is 22.9 Å². The van der Waals surface area contributed by atoms with Gasteiger partial charge in [-0.2, -0.15) is 13.2 Å². The summed E-state index contributed by atoms with van der Waals surface area (Å²) in [5, 5.41) is 8.56. The first-order valence-corrected chi connectivity index (χ1v) is 3.64. The highest BCUT2D eigenvalue weighted by atomic mass is 19.4. The average Bonchev–Trinajstić information content (AvgIpc) is 2.05. The molecule has 1 aromatic rings. The molecule has 0 fully saturated rings. The van der Waals surface area contributed by atoms with Crippen molar-refractivity contribution in [2.24, 2.45) is 0 Å². The largest absolute Gasteiger partial charge is 0.399 e. The highest BCUT2D eigenvalue weighted by Gasteiger charge is 2.40. The van der Waals surface area contributed by atoms with Crippen LogP contribution in [0.25, 0.3) is 0 Å². The van der Waals surface area contributed by atoms with Gasteiger partial charge in [-0.25, -0.2) is 0 Å². The van der Waals surface area contributed by atoms with E-state index in [-0.39, 0.29) is 5.69 Å². The van der Waals surface area contributed by atoms with Crippen LogP contribution in [-0.2, 0) is 0 Å². The third-order valence-electron chi connectivity index (χ3n) is 1.62. The van der Waals surface area contributed by atoms with Crippen LogP contribution in [0.4, 0.5) is 13.2 Å². The molecule has 0 aliphatic rings. The minimum Gasteiger partial charge on any atom is -0.395 e.